The van der Waals surface area contributed by atoms with Gasteiger partial charge in [-0.05, 0) is 63.3 Å². The monoisotopic (exact) mass is 564 g/mol. The van der Waals surface area contributed by atoms with Crippen molar-refractivity contribution in [1.82, 2.24) is 25.2 Å². The van der Waals surface area contributed by atoms with Gasteiger partial charge in [-0.2, -0.15) is 9.97 Å². The van der Waals surface area contributed by atoms with Crippen LogP contribution >= 0.6 is 0 Å². The summed E-state index contributed by atoms with van der Waals surface area (Å²) in [7, 11) is 0. The number of halogens is 2. The third kappa shape index (κ3) is 4.53. The molecule has 5 aliphatic rings. The largest absolute Gasteiger partial charge is 0.508 e. The van der Waals surface area contributed by atoms with Crippen molar-refractivity contribution in [3.05, 3.63) is 30.2 Å². The highest BCUT2D eigenvalue weighted by Gasteiger charge is 2.49. The van der Waals surface area contributed by atoms with Gasteiger partial charge in [-0.1, -0.05) is 0 Å². The van der Waals surface area contributed by atoms with E-state index in [4.69, 9.17) is 14.5 Å². The van der Waals surface area contributed by atoms with Crippen LogP contribution in [0.25, 0.3) is 22.2 Å². The van der Waals surface area contributed by atoms with E-state index in [1.165, 1.54) is 12.1 Å². The first-order valence-electron chi connectivity index (χ1n) is 14.8. The molecule has 0 spiro atoms. The van der Waals surface area contributed by atoms with Gasteiger partial charge in [-0.3, -0.25) is 9.88 Å². The molecule has 11 heteroatoms. The number of hydrogen-bond acceptors (Lipinski definition) is 9. The fourth-order valence-corrected chi connectivity index (χ4v) is 7.30. The van der Waals surface area contributed by atoms with Crippen LogP contribution in [0, 0.1) is 5.82 Å². The molecule has 8 rings (SSSR count). The van der Waals surface area contributed by atoms with Gasteiger partial charge < -0.3 is 24.8 Å². The predicted octanol–water partition coefficient (Wildman–Crippen LogP) is 3.97. The van der Waals surface area contributed by atoms with Gasteiger partial charge in [0.15, 0.2) is 5.82 Å². The molecule has 2 aromatic heterocycles. The van der Waals surface area contributed by atoms with Crippen LogP contribution in [0.15, 0.2) is 24.4 Å². The SMILES string of the molecule is Oc1ccc(OC2CC2)c(-c2ncc3c(N4CC5CCC(C4)N5)nc(OC[C@@]45CCCN4C[C@H](F)C5)nc3c2F)c1. The smallest absolute Gasteiger partial charge is 0.319 e. The second-order valence-corrected chi connectivity index (χ2v) is 12.4. The number of aromatic nitrogens is 3. The number of benzene rings is 1. The van der Waals surface area contributed by atoms with E-state index in [2.05, 4.69) is 25.1 Å². The summed E-state index contributed by atoms with van der Waals surface area (Å²) < 4.78 is 43.1. The minimum Gasteiger partial charge on any atom is -0.508 e. The van der Waals surface area contributed by atoms with Crippen LogP contribution in [0.2, 0.25) is 0 Å². The number of phenolic OH excluding ortho intramolecular Hbond substituents is 1. The standard InChI is InChI=1S/C30H34F2N6O3/c31-17-11-30(8-1-9-38(30)13-17)16-40-29-35-27-23(28(36-29)37-14-18-2-3-19(15-37)34-18)12-33-26(25(27)32)22-10-20(39)4-7-24(22)41-21-5-6-21/h4,7,10,12,17-19,21,34,39H,1-3,5-6,8-9,11,13-16H2/t17-,18?,19?,30+/m1/s1. The molecule has 6 heterocycles. The number of rotatable bonds is 7. The molecule has 2 bridgehead atoms. The molecule has 41 heavy (non-hydrogen) atoms. The average molecular weight is 565 g/mol. The summed E-state index contributed by atoms with van der Waals surface area (Å²) in [6.45, 7) is 3.04. The van der Waals surface area contributed by atoms with Gasteiger partial charge in [0.05, 0.1) is 17.0 Å². The molecule has 3 aromatic rings. The number of nitrogens with zero attached hydrogens (tertiary/aromatic N) is 5. The van der Waals surface area contributed by atoms with Crippen molar-refractivity contribution in [3.8, 4) is 28.8 Å². The Morgan fingerprint density at radius 1 is 1.10 bits per heavy atom. The quantitative estimate of drug-likeness (QED) is 0.442. The molecule has 0 radical (unpaired) electrons. The highest BCUT2D eigenvalue weighted by atomic mass is 19.1. The summed E-state index contributed by atoms with van der Waals surface area (Å²) >= 11 is 0. The Morgan fingerprint density at radius 3 is 2.73 bits per heavy atom. The number of alkyl halides is 1. The maximum atomic E-state index is 16.5. The summed E-state index contributed by atoms with van der Waals surface area (Å²) in [5, 5.41) is 14.4. The van der Waals surface area contributed by atoms with Crippen molar-refractivity contribution in [1.29, 1.82) is 0 Å². The summed E-state index contributed by atoms with van der Waals surface area (Å²) in [6.07, 6.45) is 7.20. The topological polar surface area (TPSA) is 95.9 Å². The Kier molecular flexibility index (Phi) is 5.96. The van der Waals surface area contributed by atoms with E-state index in [9.17, 15) is 9.50 Å². The third-order valence-corrected chi connectivity index (χ3v) is 9.43. The third-order valence-electron chi connectivity index (χ3n) is 9.43. The molecule has 1 saturated carbocycles. The van der Waals surface area contributed by atoms with E-state index >= 15 is 4.39 Å². The molecular weight excluding hydrogens is 530 g/mol. The first-order valence-corrected chi connectivity index (χ1v) is 14.8. The minimum atomic E-state index is -0.872. The van der Waals surface area contributed by atoms with Gasteiger partial charge in [0.25, 0.3) is 0 Å². The zero-order chi connectivity index (χ0) is 27.7. The number of fused-ring (bicyclic) bond motifs is 4. The lowest BCUT2D eigenvalue weighted by Crippen LogP contribution is -2.51. The van der Waals surface area contributed by atoms with Crippen LogP contribution in [-0.2, 0) is 0 Å². The fraction of sp³-hybridized carbons (Fsp3) is 0.567. The Balaban J connectivity index is 1.21. The van der Waals surface area contributed by atoms with Crippen LogP contribution < -0.4 is 19.7 Å². The lowest BCUT2D eigenvalue weighted by molar-refractivity contribution is 0.107. The van der Waals surface area contributed by atoms with Crippen LogP contribution in [0.5, 0.6) is 17.5 Å². The van der Waals surface area contributed by atoms with E-state index in [1.54, 1.807) is 12.3 Å². The van der Waals surface area contributed by atoms with E-state index in [1.807, 2.05) is 0 Å². The summed E-state index contributed by atoms with van der Waals surface area (Å²) in [5.74, 6) is 0.451. The molecule has 2 unspecified atom stereocenters. The lowest BCUT2D eigenvalue weighted by Gasteiger charge is -2.34. The number of nitrogens with one attached hydrogen (secondary N) is 1. The molecule has 216 valence electrons. The molecule has 9 nitrogen and oxygen atoms in total. The Labute approximate surface area is 236 Å². The number of pyridine rings is 1. The van der Waals surface area contributed by atoms with Gasteiger partial charge in [0, 0.05) is 49.9 Å². The van der Waals surface area contributed by atoms with Gasteiger partial charge in [-0.15, -0.1) is 0 Å². The van der Waals surface area contributed by atoms with Crippen molar-refractivity contribution in [2.24, 2.45) is 0 Å². The van der Waals surface area contributed by atoms with Crippen LogP contribution in [0.1, 0.15) is 44.9 Å². The number of hydrogen-bond donors (Lipinski definition) is 2. The lowest BCUT2D eigenvalue weighted by atomic mass is 9.95. The Bertz CT molecular complexity index is 1490. The van der Waals surface area contributed by atoms with Crippen molar-refractivity contribution in [3.63, 3.8) is 0 Å². The molecule has 0 amide bonds. The predicted molar refractivity (Wildman–Crippen MR) is 149 cm³/mol. The highest BCUT2D eigenvalue weighted by Crippen LogP contribution is 2.42. The van der Waals surface area contributed by atoms with Gasteiger partial charge >= 0.3 is 6.01 Å². The number of ether oxygens (including phenoxy) is 2. The van der Waals surface area contributed by atoms with Crippen molar-refractivity contribution < 1.29 is 23.4 Å². The average Bonchev–Trinajstić information content (AvgIpc) is 3.49. The zero-order valence-electron chi connectivity index (χ0n) is 22.9. The van der Waals surface area contributed by atoms with Gasteiger partial charge in [0.2, 0.25) is 0 Å². The van der Waals surface area contributed by atoms with E-state index in [0.717, 1.165) is 58.2 Å². The van der Waals surface area contributed by atoms with Crippen LogP contribution in [-0.4, -0.2) is 87.6 Å². The van der Waals surface area contributed by atoms with E-state index in [-0.39, 0.29) is 41.2 Å². The molecule has 4 aliphatic heterocycles. The highest BCUT2D eigenvalue weighted by molar-refractivity contribution is 5.92. The summed E-state index contributed by atoms with van der Waals surface area (Å²) in [5.41, 5.74) is 0.165. The first-order chi connectivity index (χ1) is 19.9. The first kappa shape index (κ1) is 25.4. The van der Waals surface area contributed by atoms with Gasteiger partial charge in [0.1, 0.15) is 41.3 Å². The molecule has 1 aliphatic carbocycles. The number of aromatic hydroxyl groups is 1. The normalized spacial score (nSPS) is 29.3. The van der Waals surface area contributed by atoms with Crippen LogP contribution in [0.3, 0.4) is 0 Å². The molecular formula is C30H34F2N6O3. The van der Waals surface area contributed by atoms with Gasteiger partial charge in [-0.25, -0.2) is 8.78 Å². The molecule has 2 N–H and O–H groups in total. The maximum Gasteiger partial charge on any atom is 0.319 e. The van der Waals surface area contributed by atoms with Crippen molar-refractivity contribution in [2.75, 3.05) is 37.7 Å². The fourth-order valence-electron chi connectivity index (χ4n) is 7.30. The number of phenols is 1. The van der Waals surface area contributed by atoms with Crippen molar-refractivity contribution >= 4 is 16.7 Å². The summed E-state index contributed by atoms with van der Waals surface area (Å²) in [6, 6.07) is 5.44. The van der Waals surface area contributed by atoms with Crippen LogP contribution in [0.4, 0.5) is 14.6 Å². The Morgan fingerprint density at radius 2 is 1.93 bits per heavy atom. The molecule has 5 fully saturated rings. The second kappa shape index (κ2) is 9.62. The molecule has 4 saturated heterocycles. The second-order valence-electron chi connectivity index (χ2n) is 12.4. The van der Waals surface area contributed by atoms with Crippen molar-refractivity contribution in [2.45, 2.75) is 74.8 Å². The number of anilines is 1. The zero-order valence-corrected chi connectivity index (χ0v) is 22.9. The molecule has 4 atom stereocenters. The molecule has 1 aromatic carbocycles. The number of piperazine rings is 1. The summed E-state index contributed by atoms with van der Waals surface area (Å²) in [4.78, 5) is 18.3. The van der Waals surface area contributed by atoms with E-state index < -0.39 is 12.0 Å². The Hall–Kier alpha value is -3.31. The van der Waals surface area contributed by atoms with E-state index in [0.29, 0.717) is 47.6 Å². The minimum absolute atomic E-state index is 0.00348. The maximum absolute atomic E-state index is 16.5.